The number of rotatable bonds is 8. The lowest BCUT2D eigenvalue weighted by atomic mass is 10.1. The van der Waals surface area contributed by atoms with Gasteiger partial charge in [0.15, 0.2) is 21.6 Å². The molecule has 27 heavy (non-hydrogen) atoms. The van der Waals surface area contributed by atoms with Crippen LogP contribution in [0.2, 0.25) is 0 Å². The molecule has 2 rings (SSSR count). The second-order valence-corrected chi connectivity index (χ2v) is 8.32. The van der Waals surface area contributed by atoms with E-state index in [2.05, 4.69) is 34.6 Å². The summed E-state index contributed by atoms with van der Waals surface area (Å²) in [6, 6.07) is 10.4. The van der Waals surface area contributed by atoms with Crippen LogP contribution in [0.25, 0.3) is 0 Å². The molecule has 0 fully saturated rings. The van der Waals surface area contributed by atoms with Crippen LogP contribution in [0.15, 0.2) is 50.8 Å². The van der Waals surface area contributed by atoms with E-state index in [4.69, 9.17) is 4.52 Å². The Morgan fingerprint density at radius 3 is 2.52 bits per heavy atom. The van der Waals surface area contributed by atoms with Crippen molar-refractivity contribution in [1.29, 1.82) is 0 Å². The first-order valence-corrected chi connectivity index (χ1v) is 10.3. The largest absolute Gasteiger partial charge is 0.359 e. The van der Waals surface area contributed by atoms with Crippen LogP contribution in [0.4, 0.5) is 0 Å². The molecule has 0 spiro atoms. The molecule has 0 bridgehead atoms. The molecule has 150 valence electrons. The molecular formula is C18H27IN4O3S. The molecule has 0 amide bonds. The average molecular weight is 506 g/mol. The fourth-order valence-corrected chi connectivity index (χ4v) is 3.62. The molecule has 0 aliphatic carbocycles. The number of aliphatic imine (C=N–C) groups is 1. The van der Waals surface area contributed by atoms with Crippen molar-refractivity contribution in [1.82, 2.24) is 15.8 Å². The van der Waals surface area contributed by atoms with Crippen molar-refractivity contribution in [2.24, 2.45) is 4.99 Å². The molecule has 1 aromatic carbocycles. The van der Waals surface area contributed by atoms with E-state index in [1.54, 1.807) is 37.4 Å². The molecule has 9 heteroatoms. The summed E-state index contributed by atoms with van der Waals surface area (Å²) in [4.78, 5) is 4.48. The Morgan fingerprint density at radius 1 is 1.22 bits per heavy atom. The van der Waals surface area contributed by atoms with Crippen LogP contribution in [0.5, 0.6) is 0 Å². The molecule has 7 nitrogen and oxygen atoms in total. The number of hydrogen-bond donors (Lipinski definition) is 2. The second kappa shape index (κ2) is 11.3. The van der Waals surface area contributed by atoms with Crippen molar-refractivity contribution in [3.8, 4) is 0 Å². The maximum atomic E-state index is 12.2. The lowest BCUT2D eigenvalue weighted by Crippen LogP contribution is -2.37. The van der Waals surface area contributed by atoms with Gasteiger partial charge in [0.2, 0.25) is 0 Å². The zero-order valence-electron chi connectivity index (χ0n) is 15.8. The Bertz CT molecular complexity index is 820. The van der Waals surface area contributed by atoms with Gasteiger partial charge in [-0.15, -0.1) is 24.0 Å². The molecule has 2 aromatic rings. The first-order chi connectivity index (χ1) is 12.4. The molecule has 0 unspecified atom stereocenters. The van der Waals surface area contributed by atoms with E-state index in [0.29, 0.717) is 36.3 Å². The highest BCUT2D eigenvalue weighted by Crippen LogP contribution is 2.13. The van der Waals surface area contributed by atoms with E-state index in [0.717, 1.165) is 11.5 Å². The summed E-state index contributed by atoms with van der Waals surface area (Å²) >= 11 is 0. The molecule has 0 saturated carbocycles. The van der Waals surface area contributed by atoms with Gasteiger partial charge in [-0.05, 0) is 24.5 Å². The fraction of sp³-hybridized carbons (Fsp3) is 0.444. The van der Waals surface area contributed by atoms with Gasteiger partial charge < -0.3 is 15.2 Å². The molecule has 1 aromatic heterocycles. The highest BCUT2D eigenvalue weighted by Gasteiger charge is 2.13. The molecular weight excluding hydrogens is 479 g/mol. The lowest BCUT2D eigenvalue weighted by Gasteiger charge is -2.10. The van der Waals surface area contributed by atoms with E-state index >= 15 is 0 Å². The molecule has 0 aliphatic heterocycles. The first-order valence-electron chi connectivity index (χ1n) is 8.60. The summed E-state index contributed by atoms with van der Waals surface area (Å²) in [5.41, 5.74) is 0.913. The van der Waals surface area contributed by atoms with Crippen molar-refractivity contribution in [3.05, 3.63) is 47.9 Å². The zero-order chi connectivity index (χ0) is 19.0. The highest BCUT2D eigenvalue weighted by molar-refractivity contribution is 14.0. The highest BCUT2D eigenvalue weighted by atomic mass is 127. The number of hydrogen-bond acceptors (Lipinski definition) is 5. The molecule has 1 heterocycles. The molecule has 0 aliphatic rings. The Hall–Kier alpha value is -1.62. The number of guanidine groups is 1. The number of halogens is 1. The van der Waals surface area contributed by atoms with Crippen LogP contribution < -0.4 is 10.6 Å². The van der Waals surface area contributed by atoms with Gasteiger partial charge in [-0.2, -0.15) is 0 Å². The third kappa shape index (κ3) is 7.49. The number of nitrogens with one attached hydrogen (secondary N) is 2. The number of benzene rings is 1. The van der Waals surface area contributed by atoms with Gasteiger partial charge in [0.05, 0.1) is 22.9 Å². The number of aromatic nitrogens is 1. The van der Waals surface area contributed by atoms with Gasteiger partial charge in [0.25, 0.3) is 0 Å². The van der Waals surface area contributed by atoms with Gasteiger partial charge in [-0.25, -0.2) is 8.42 Å². The van der Waals surface area contributed by atoms with Crippen molar-refractivity contribution in [2.45, 2.75) is 37.6 Å². The van der Waals surface area contributed by atoms with E-state index in [9.17, 15) is 8.42 Å². The summed E-state index contributed by atoms with van der Waals surface area (Å²) < 4.78 is 29.7. The van der Waals surface area contributed by atoms with Gasteiger partial charge >= 0.3 is 0 Å². The molecule has 2 N–H and O–H groups in total. The van der Waals surface area contributed by atoms with Crippen molar-refractivity contribution in [2.75, 3.05) is 19.3 Å². The number of sulfone groups is 1. The second-order valence-electron chi connectivity index (χ2n) is 6.21. The quantitative estimate of drug-likeness (QED) is 0.248. The first kappa shape index (κ1) is 23.4. The maximum Gasteiger partial charge on any atom is 0.191 e. The Balaban J connectivity index is 0.00000364. The minimum Gasteiger partial charge on any atom is -0.359 e. The minimum atomic E-state index is -3.25. The van der Waals surface area contributed by atoms with Crippen LogP contribution >= 0.6 is 24.0 Å². The summed E-state index contributed by atoms with van der Waals surface area (Å²) in [7, 11) is -1.59. The molecule has 0 saturated heterocycles. The average Bonchev–Trinajstić information content (AvgIpc) is 3.11. The Kier molecular flexibility index (Phi) is 9.78. The number of nitrogens with zero attached hydrogens (tertiary/aromatic N) is 2. The van der Waals surface area contributed by atoms with Gasteiger partial charge in [-0.1, -0.05) is 37.2 Å². The molecule has 0 radical (unpaired) electrons. The van der Waals surface area contributed by atoms with Crippen LogP contribution in [0, 0.1) is 0 Å². The van der Waals surface area contributed by atoms with E-state index in [-0.39, 0.29) is 29.7 Å². The predicted octanol–water partition coefficient (Wildman–Crippen LogP) is 2.95. The third-order valence-corrected chi connectivity index (χ3v) is 5.62. The van der Waals surface area contributed by atoms with E-state index in [1.165, 1.54) is 0 Å². The van der Waals surface area contributed by atoms with E-state index < -0.39 is 9.84 Å². The normalized spacial score (nSPS) is 11.9. The van der Waals surface area contributed by atoms with Crippen molar-refractivity contribution in [3.63, 3.8) is 0 Å². The lowest BCUT2D eigenvalue weighted by molar-refractivity contribution is 0.372. The third-order valence-electron chi connectivity index (χ3n) is 3.81. The summed E-state index contributed by atoms with van der Waals surface area (Å²) in [6.45, 7) is 5.07. The maximum absolute atomic E-state index is 12.2. The Labute approximate surface area is 178 Å². The van der Waals surface area contributed by atoms with Gasteiger partial charge in [-0.3, -0.25) is 4.99 Å². The van der Waals surface area contributed by atoms with Gasteiger partial charge in [0, 0.05) is 19.7 Å². The smallest absolute Gasteiger partial charge is 0.191 e. The van der Waals surface area contributed by atoms with Crippen molar-refractivity contribution >= 4 is 39.8 Å². The van der Waals surface area contributed by atoms with Crippen LogP contribution in [0.3, 0.4) is 0 Å². The van der Waals surface area contributed by atoms with Crippen LogP contribution in [-0.2, 0) is 16.4 Å². The SMILES string of the molecule is CN=C(NCCCS(=O)(=O)c1ccccc1)NCc1cc(C(C)C)no1.I. The predicted molar refractivity (Wildman–Crippen MR) is 117 cm³/mol. The molecule has 0 atom stereocenters. The minimum absolute atomic E-state index is 0. The Morgan fingerprint density at radius 2 is 1.93 bits per heavy atom. The van der Waals surface area contributed by atoms with Crippen molar-refractivity contribution < 1.29 is 12.9 Å². The van der Waals surface area contributed by atoms with E-state index in [1.807, 2.05) is 6.07 Å². The van der Waals surface area contributed by atoms with Crippen LogP contribution in [0.1, 0.15) is 37.6 Å². The monoisotopic (exact) mass is 506 g/mol. The fourth-order valence-electron chi connectivity index (χ4n) is 2.29. The zero-order valence-corrected chi connectivity index (χ0v) is 19.0. The summed E-state index contributed by atoms with van der Waals surface area (Å²) in [6.07, 6.45) is 0.484. The summed E-state index contributed by atoms with van der Waals surface area (Å²) in [5.74, 6) is 1.71. The van der Waals surface area contributed by atoms with Gasteiger partial charge in [0.1, 0.15) is 0 Å². The standard InChI is InChI=1S/C18H26N4O3S.HI/c1-14(2)17-12-15(25-22-17)13-21-18(19-3)20-10-7-11-26(23,24)16-8-5-4-6-9-16;/h4-6,8-9,12,14H,7,10-11,13H2,1-3H3,(H2,19,20,21);1H. The topological polar surface area (TPSA) is 96.6 Å². The summed E-state index contributed by atoms with van der Waals surface area (Å²) in [5, 5.41) is 10.2. The van der Waals surface area contributed by atoms with Crippen LogP contribution in [-0.4, -0.2) is 38.9 Å².